The van der Waals surface area contributed by atoms with Crippen LogP contribution in [0, 0.1) is 13.8 Å². The second kappa shape index (κ2) is 9.77. The summed E-state index contributed by atoms with van der Waals surface area (Å²) in [4.78, 5) is 19.7. The Morgan fingerprint density at radius 1 is 1.13 bits per heavy atom. The van der Waals surface area contributed by atoms with Gasteiger partial charge in [-0.25, -0.2) is 4.98 Å². The van der Waals surface area contributed by atoms with Crippen molar-refractivity contribution in [3.63, 3.8) is 0 Å². The number of nitrogens with zero attached hydrogens (tertiary/aromatic N) is 2. The first kappa shape index (κ1) is 21.1. The minimum atomic E-state index is 0.0704. The second-order valence-electron chi connectivity index (χ2n) is 8.05. The highest BCUT2D eigenvalue weighted by Gasteiger charge is 2.16. The summed E-state index contributed by atoms with van der Waals surface area (Å²) in [5.41, 5.74) is 4.68. The van der Waals surface area contributed by atoms with Crippen molar-refractivity contribution in [2.45, 2.75) is 37.7 Å². The van der Waals surface area contributed by atoms with E-state index in [9.17, 15) is 4.79 Å². The van der Waals surface area contributed by atoms with Gasteiger partial charge < -0.3 is 9.64 Å². The molecule has 0 aliphatic carbocycles. The number of hydrogen-bond acceptors (Lipinski definition) is 4. The van der Waals surface area contributed by atoms with Gasteiger partial charge in [0.15, 0.2) is 5.16 Å². The van der Waals surface area contributed by atoms with Crippen LogP contribution in [0.3, 0.4) is 0 Å². The normalized spacial score (nSPS) is 15.0. The van der Waals surface area contributed by atoms with Crippen LogP contribution in [0.15, 0.2) is 52.4 Å². The van der Waals surface area contributed by atoms with Gasteiger partial charge in [-0.15, -0.1) is 0 Å². The maximum Gasteiger partial charge on any atom is 0.262 e. The fraction of sp³-hybridized carbons (Fsp3) is 0.417. The lowest BCUT2D eigenvalue weighted by atomic mass is 10.1. The van der Waals surface area contributed by atoms with Crippen LogP contribution in [0.25, 0.3) is 10.9 Å². The minimum Gasteiger partial charge on any atom is -0.370 e. The molecule has 0 spiro atoms. The number of benzene rings is 2. The molecular formula is C24H30N3O2S+. The van der Waals surface area contributed by atoms with Gasteiger partial charge in [-0.1, -0.05) is 47.7 Å². The summed E-state index contributed by atoms with van der Waals surface area (Å²) >= 11 is 1.66. The van der Waals surface area contributed by atoms with Gasteiger partial charge in [0, 0.05) is 18.7 Å². The number of rotatable bonds is 7. The first-order valence-electron chi connectivity index (χ1n) is 10.7. The van der Waals surface area contributed by atoms with Crippen molar-refractivity contribution in [3.8, 4) is 0 Å². The van der Waals surface area contributed by atoms with Crippen molar-refractivity contribution in [3.05, 3.63) is 69.5 Å². The Morgan fingerprint density at radius 2 is 1.93 bits per heavy atom. The smallest absolute Gasteiger partial charge is 0.262 e. The molecule has 1 N–H and O–H groups in total. The maximum absolute atomic E-state index is 13.2. The molecule has 1 aromatic heterocycles. The summed E-state index contributed by atoms with van der Waals surface area (Å²) in [5.74, 6) is 0.813. The molecule has 6 heteroatoms. The number of quaternary nitrogens is 1. The van der Waals surface area contributed by atoms with E-state index in [1.165, 1.54) is 16.7 Å². The molecule has 0 atom stereocenters. The molecule has 2 heterocycles. The van der Waals surface area contributed by atoms with Crippen LogP contribution in [-0.2, 0) is 17.0 Å². The van der Waals surface area contributed by atoms with Crippen LogP contribution in [0.2, 0.25) is 0 Å². The third-order valence-electron chi connectivity index (χ3n) is 5.80. The highest BCUT2D eigenvalue weighted by atomic mass is 32.2. The molecule has 2 aromatic carbocycles. The van der Waals surface area contributed by atoms with Crippen LogP contribution in [0.4, 0.5) is 0 Å². The fourth-order valence-corrected chi connectivity index (χ4v) is 5.04. The largest absolute Gasteiger partial charge is 0.370 e. The zero-order valence-electron chi connectivity index (χ0n) is 17.8. The van der Waals surface area contributed by atoms with E-state index in [2.05, 4.69) is 32.0 Å². The molecule has 0 saturated carbocycles. The number of aromatic nitrogens is 2. The van der Waals surface area contributed by atoms with Gasteiger partial charge in [0.1, 0.15) is 13.1 Å². The third kappa shape index (κ3) is 4.94. The van der Waals surface area contributed by atoms with Crippen LogP contribution in [0.5, 0.6) is 0 Å². The van der Waals surface area contributed by atoms with Gasteiger partial charge in [0.05, 0.1) is 30.7 Å². The lowest BCUT2D eigenvalue weighted by molar-refractivity contribution is -0.908. The molecule has 1 aliphatic heterocycles. The Hall–Kier alpha value is -2.15. The number of hydrogen-bond donors (Lipinski definition) is 1. The molecule has 0 bridgehead atoms. The van der Waals surface area contributed by atoms with Gasteiger partial charge in [-0.3, -0.25) is 9.36 Å². The number of ether oxygens (including phenoxy) is 1. The van der Waals surface area contributed by atoms with E-state index >= 15 is 0 Å². The molecule has 3 aromatic rings. The highest BCUT2D eigenvalue weighted by Crippen LogP contribution is 2.24. The van der Waals surface area contributed by atoms with Crippen molar-refractivity contribution in [1.82, 2.24) is 9.55 Å². The lowest BCUT2D eigenvalue weighted by Gasteiger charge is -2.24. The molecule has 5 nitrogen and oxygen atoms in total. The maximum atomic E-state index is 13.2. The Balaban J connectivity index is 1.57. The van der Waals surface area contributed by atoms with E-state index in [0.717, 1.165) is 55.7 Å². The molecule has 0 amide bonds. The standard InChI is InChI=1S/C24H29N3O2S/c1-18-8-9-19(2)20(16-18)17-30-24-25-22-7-4-3-6-21(22)23(28)27(24)11-5-10-26-12-14-29-15-13-26/h3-4,6-9,16H,5,10-15,17H2,1-2H3/p+1. The predicted octanol–water partition coefficient (Wildman–Crippen LogP) is 2.61. The summed E-state index contributed by atoms with van der Waals surface area (Å²) in [7, 11) is 0. The van der Waals surface area contributed by atoms with E-state index in [-0.39, 0.29) is 5.56 Å². The summed E-state index contributed by atoms with van der Waals surface area (Å²) in [6.07, 6.45) is 0.965. The van der Waals surface area contributed by atoms with Crippen molar-refractivity contribution in [2.24, 2.45) is 0 Å². The number of para-hydroxylation sites is 1. The number of morpholine rings is 1. The molecular weight excluding hydrogens is 394 g/mol. The van der Waals surface area contributed by atoms with Crippen LogP contribution in [0.1, 0.15) is 23.1 Å². The monoisotopic (exact) mass is 424 g/mol. The molecule has 1 aliphatic rings. The lowest BCUT2D eigenvalue weighted by Crippen LogP contribution is -3.14. The number of thioether (sulfide) groups is 1. The molecule has 158 valence electrons. The Labute approximate surface area is 182 Å². The summed E-state index contributed by atoms with van der Waals surface area (Å²) in [6, 6.07) is 14.2. The first-order chi connectivity index (χ1) is 14.6. The van der Waals surface area contributed by atoms with E-state index in [0.29, 0.717) is 11.9 Å². The Bertz CT molecular complexity index is 1070. The van der Waals surface area contributed by atoms with Gasteiger partial charge in [0.2, 0.25) is 0 Å². The van der Waals surface area contributed by atoms with Crippen LogP contribution < -0.4 is 10.5 Å². The van der Waals surface area contributed by atoms with Crippen molar-refractivity contribution >= 4 is 22.7 Å². The summed E-state index contributed by atoms with van der Waals surface area (Å²) in [6.45, 7) is 9.80. The zero-order chi connectivity index (χ0) is 20.9. The van der Waals surface area contributed by atoms with E-state index < -0.39 is 0 Å². The molecule has 0 radical (unpaired) electrons. The summed E-state index contributed by atoms with van der Waals surface area (Å²) in [5, 5.41) is 1.52. The van der Waals surface area contributed by atoms with E-state index in [1.807, 2.05) is 28.8 Å². The Kier molecular flexibility index (Phi) is 6.87. The van der Waals surface area contributed by atoms with Crippen LogP contribution in [-0.4, -0.2) is 42.4 Å². The fourth-order valence-electron chi connectivity index (χ4n) is 3.95. The first-order valence-corrected chi connectivity index (χ1v) is 11.7. The number of nitrogens with one attached hydrogen (secondary N) is 1. The average Bonchev–Trinajstić information content (AvgIpc) is 2.77. The van der Waals surface area contributed by atoms with E-state index in [1.54, 1.807) is 16.7 Å². The van der Waals surface area contributed by atoms with E-state index in [4.69, 9.17) is 9.72 Å². The van der Waals surface area contributed by atoms with Crippen molar-refractivity contribution < 1.29 is 9.64 Å². The molecule has 30 heavy (non-hydrogen) atoms. The topological polar surface area (TPSA) is 48.6 Å². The molecule has 1 saturated heterocycles. The number of aryl methyl sites for hydroxylation is 2. The average molecular weight is 425 g/mol. The van der Waals surface area contributed by atoms with Crippen molar-refractivity contribution in [2.75, 3.05) is 32.8 Å². The zero-order valence-corrected chi connectivity index (χ0v) is 18.6. The minimum absolute atomic E-state index is 0.0704. The van der Waals surface area contributed by atoms with Crippen molar-refractivity contribution in [1.29, 1.82) is 0 Å². The Morgan fingerprint density at radius 3 is 2.77 bits per heavy atom. The molecule has 1 fully saturated rings. The van der Waals surface area contributed by atoms with Gasteiger partial charge in [0.25, 0.3) is 5.56 Å². The predicted molar refractivity (Wildman–Crippen MR) is 122 cm³/mol. The summed E-state index contributed by atoms with van der Waals surface area (Å²) < 4.78 is 7.34. The highest BCUT2D eigenvalue weighted by molar-refractivity contribution is 7.98. The third-order valence-corrected chi connectivity index (χ3v) is 6.83. The SMILES string of the molecule is Cc1ccc(C)c(CSc2nc3ccccc3c(=O)n2CCC[NH+]2CCOCC2)c1. The quantitative estimate of drug-likeness (QED) is 0.468. The molecule has 0 unspecified atom stereocenters. The number of fused-ring (bicyclic) bond motifs is 1. The van der Waals surface area contributed by atoms with Gasteiger partial charge in [-0.05, 0) is 37.1 Å². The molecule has 4 rings (SSSR count). The van der Waals surface area contributed by atoms with Gasteiger partial charge in [-0.2, -0.15) is 0 Å². The second-order valence-corrected chi connectivity index (χ2v) is 9.00. The van der Waals surface area contributed by atoms with Crippen LogP contribution >= 0.6 is 11.8 Å². The van der Waals surface area contributed by atoms with Gasteiger partial charge >= 0.3 is 0 Å².